The molecule has 0 atom stereocenters. The normalized spacial score (nSPS) is 10.1. The third kappa shape index (κ3) is 3.03. The van der Waals surface area contributed by atoms with Gasteiger partial charge in [0.2, 0.25) is 0 Å². The third-order valence-corrected chi connectivity index (χ3v) is 2.55. The third-order valence-electron chi connectivity index (χ3n) is 2.11. The zero-order valence-electron chi connectivity index (χ0n) is 8.45. The molecule has 4 heteroatoms. The molecule has 2 aromatic rings. The number of hydrogen-bond acceptors (Lipinski definition) is 2. The lowest BCUT2D eigenvalue weighted by atomic mass is 10.2. The van der Waals surface area contributed by atoms with Crippen molar-refractivity contribution in [2.75, 3.05) is 5.32 Å². The van der Waals surface area contributed by atoms with Gasteiger partial charge in [-0.25, -0.2) is 4.39 Å². The maximum absolute atomic E-state index is 12.7. The second-order valence-corrected chi connectivity index (χ2v) is 4.29. The van der Waals surface area contributed by atoms with E-state index in [2.05, 4.69) is 26.2 Å². The maximum Gasteiger partial charge on any atom is 0.123 e. The number of nitrogens with zero attached hydrogens (tertiary/aromatic N) is 1. The zero-order chi connectivity index (χ0) is 11.4. The minimum Gasteiger partial charge on any atom is -0.380 e. The summed E-state index contributed by atoms with van der Waals surface area (Å²) >= 11 is 3.35. The highest BCUT2D eigenvalue weighted by atomic mass is 79.9. The van der Waals surface area contributed by atoms with Crippen molar-refractivity contribution >= 4 is 21.6 Å². The van der Waals surface area contributed by atoms with E-state index in [1.165, 1.54) is 12.1 Å². The molecule has 2 nitrogen and oxygen atoms in total. The van der Waals surface area contributed by atoms with Crippen molar-refractivity contribution in [2.45, 2.75) is 6.54 Å². The van der Waals surface area contributed by atoms with Gasteiger partial charge >= 0.3 is 0 Å². The van der Waals surface area contributed by atoms with Crippen molar-refractivity contribution in [3.63, 3.8) is 0 Å². The Balaban J connectivity index is 1.99. The van der Waals surface area contributed by atoms with Gasteiger partial charge < -0.3 is 5.32 Å². The fraction of sp³-hybridized carbons (Fsp3) is 0.0833. The molecule has 0 aliphatic rings. The van der Waals surface area contributed by atoms with Crippen LogP contribution in [0.3, 0.4) is 0 Å². The number of pyridine rings is 1. The molecular weight excluding hydrogens is 271 g/mol. The molecule has 0 saturated heterocycles. The van der Waals surface area contributed by atoms with Gasteiger partial charge in [0.25, 0.3) is 0 Å². The zero-order valence-corrected chi connectivity index (χ0v) is 10.0. The van der Waals surface area contributed by atoms with Crippen LogP contribution in [0, 0.1) is 5.82 Å². The number of rotatable bonds is 3. The van der Waals surface area contributed by atoms with Crippen LogP contribution in [0.4, 0.5) is 10.1 Å². The quantitative estimate of drug-likeness (QED) is 0.929. The fourth-order valence-corrected chi connectivity index (χ4v) is 1.68. The standard InChI is InChI=1S/C12H10BrFN2/c13-10-5-12(8-15-7-10)16-6-9-1-3-11(14)4-2-9/h1-5,7-8,16H,6H2. The molecule has 16 heavy (non-hydrogen) atoms. The fourth-order valence-electron chi connectivity index (χ4n) is 1.31. The smallest absolute Gasteiger partial charge is 0.123 e. The highest BCUT2D eigenvalue weighted by Gasteiger charge is 1.96. The van der Waals surface area contributed by atoms with Gasteiger partial charge in [-0.1, -0.05) is 12.1 Å². The van der Waals surface area contributed by atoms with Gasteiger partial charge in [0.1, 0.15) is 5.82 Å². The number of nitrogens with one attached hydrogen (secondary N) is 1. The highest BCUT2D eigenvalue weighted by Crippen LogP contribution is 2.14. The van der Waals surface area contributed by atoms with E-state index < -0.39 is 0 Å². The van der Waals surface area contributed by atoms with Crippen molar-refractivity contribution in [1.82, 2.24) is 4.98 Å². The van der Waals surface area contributed by atoms with Crippen LogP contribution in [0.15, 0.2) is 47.2 Å². The monoisotopic (exact) mass is 280 g/mol. The molecule has 0 bridgehead atoms. The number of benzene rings is 1. The van der Waals surface area contributed by atoms with Gasteiger partial charge in [0, 0.05) is 17.2 Å². The summed E-state index contributed by atoms with van der Waals surface area (Å²) in [5, 5.41) is 3.21. The molecule has 0 amide bonds. The van der Waals surface area contributed by atoms with E-state index >= 15 is 0 Å². The van der Waals surface area contributed by atoms with E-state index in [1.54, 1.807) is 24.5 Å². The molecule has 0 radical (unpaired) electrons. The number of halogens is 2. The summed E-state index contributed by atoms with van der Waals surface area (Å²) in [4.78, 5) is 4.04. The molecule has 1 aromatic carbocycles. The van der Waals surface area contributed by atoms with Crippen LogP contribution < -0.4 is 5.32 Å². The van der Waals surface area contributed by atoms with Crippen LogP contribution in [-0.2, 0) is 6.54 Å². The molecule has 0 fully saturated rings. The summed E-state index contributed by atoms with van der Waals surface area (Å²) in [7, 11) is 0. The summed E-state index contributed by atoms with van der Waals surface area (Å²) in [6.07, 6.45) is 3.47. The van der Waals surface area contributed by atoms with Crippen LogP contribution in [0.1, 0.15) is 5.56 Å². The van der Waals surface area contributed by atoms with Gasteiger partial charge in [-0.15, -0.1) is 0 Å². The van der Waals surface area contributed by atoms with E-state index in [0.717, 1.165) is 15.7 Å². The summed E-state index contributed by atoms with van der Waals surface area (Å²) in [6.45, 7) is 0.651. The van der Waals surface area contributed by atoms with Gasteiger partial charge in [-0.2, -0.15) is 0 Å². The molecule has 0 aliphatic heterocycles. The first-order valence-corrected chi connectivity index (χ1v) is 5.62. The number of hydrogen-bond donors (Lipinski definition) is 1. The summed E-state index contributed by atoms with van der Waals surface area (Å²) in [5.74, 6) is -0.215. The predicted molar refractivity (Wildman–Crippen MR) is 65.7 cm³/mol. The van der Waals surface area contributed by atoms with Crippen molar-refractivity contribution in [3.8, 4) is 0 Å². The van der Waals surface area contributed by atoms with Crippen LogP contribution in [0.2, 0.25) is 0 Å². The van der Waals surface area contributed by atoms with Crippen molar-refractivity contribution in [2.24, 2.45) is 0 Å². The largest absolute Gasteiger partial charge is 0.380 e. The number of aromatic nitrogens is 1. The van der Waals surface area contributed by atoms with Crippen LogP contribution in [-0.4, -0.2) is 4.98 Å². The Bertz CT molecular complexity index is 471. The van der Waals surface area contributed by atoms with E-state index in [1.807, 2.05) is 6.07 Å². The Hall–Kier alpha value is -1.42. The lowest BCUT2D eigenvalue weighted by Crippen LogP contribution is -1.99. The predicted octanol–water partition coefficient (Wildman–Crippen LogP) is 3.60. The van der Waals surface area contributed by atoms with Gasteiger partial charge in [0.15, 0.2) is 0 Å². The number of anilines is 1. The topological polar surface area (TPSA) is 24.9 Å². The Kier molecular flexibility index (Phi) is 3.51. The Morgan fingerprint density at radius 1 is 1.19 bits per heavy atom. The molecule has 0 spiro atoms. The molecule has 0 aliphatic carbocycles. The summed E-state index contributed by atoms with van der Waals surface area (Å²) in [6, 6.07) is 8.37. The van der Waals surface area contributed by atoms with Crippen LogP contribution in [0.5, 0.6) is 0 Å². The second-order valence-electron chi connectivity index (χ2n) is 3.37. The maximum atomic E-state index is 12.7. The van der Waals surface area contributed by atoms with Crippen LogP contribution >= 0.6 is 15.9 Å². The highest BCUT2D eigenvalue weighted by molar-refractivity contribution is 9.10. The van der Waals surface area contributed by atoms with Crippen molar-refractivity contribution < 1.29 is 4.39 Å². The summed E-state index contributed by atoms with van der Waals surface area (Å²) < 4.78 is 13.6. The Labute approximate surface area is 102 Å². The van der Waals surface area contributed by atoms with E-state index in [9.17, 15) is 4.39 Å². The average Bonchev–Trinajstić information content (AvgIpc) is 2.28. The summed E-state index contributed by atoms with van der Waals surface area (Å²) in [5.41, 5.74) is 1.96. The van der Waals surface area contributed by atoms with Gasteiger partial charge in [-0.3, -0.25) is 4.98 Å². The molecule has 82 valence electrons. The molecule has 0 saturated carbocycles. The Morgan fingerprint density at radius 3 is 2.62 bits per heavy atom. The molecule has 1 heterocycles. The average molecular weight is 281 g/mol. The van der Waals surface area contributed by atoms with Gasteiger partial charge in [-0.05, 0) is 39.7 Å². The Morgan fingerprint density at radius 2 is 1.94 bits per heavy atom. The van der Waals surface area contributed by atoms with Crippen molar-refractivity contribution in [3.05, 3.63) is 58.6 Å². The minimum atomic E-state index is -0.215. The van der Waals surface area contributed by atoms with Crippen LogP contribution in [0.25, 0.3) is 0 Å². The van der Waals surface area contributed by atoms with Gasteiger partial charge in [0.05, 0.1) is 11.9 Å². The second kappa shape index (κ2) is 5.07. The molecule has 0 unspecified atom stereocenters. The van der Waals surface area contributed by atoms with Crippen molar-refractivity contribution in [1.29, 1.82) is 0 Å². The van der Waals surface area contributed by atoms with E-state index in [4.69, 9.17) is 0 Å². The molecule has 2 rings (SSSR count). The van der Waals surface area contributed by atoms with E-state index in [0.29, 0.717) is 6.54 Å². The SMILES string of the molecule is Fc1ccc(CNc2cncc(Br)c2)cc1. The lowest BCUT2D eigenvalue weighted by molar-refractivity contribution is 0.627. The first-order valence-electron chi connectivity index (χ1n) is 4.83. The first-order chi connectivity index (χ1) is 7.74. The molecule has 1 N–H and O–H groups in total. The lowest BCUT2D eigenvalue weighted by Gasteiger charge is -2.06. The molecule has 1 aromatic heterocycles. The van der Waals surface area contributed by atoms with E-state index in [-0.39, 0.29) is 5.82 Å². The first kappa shape index (κ1) is 11.1. The minimum absolute atomic E-state index is 0.215. The molecular formula is C12H10BrFN2.